The van der Waals surface area contributed by atoms with Gasteiger partial charge in [0.2, 0.25) is 5.91 Å². The molecule has 0 spiro atoms. The van der Waals surface area contributed by atoms with Gasteiger partial charge in [-0.2, -0.15) is 0 Å². The van der Waals surface area contributed by atoms with Gasteiger partial charge in [-0.3, -0.25) is 4.79 Å². The number of amides is 1. The van der Waals surface area contributed by atoms with Crippen molar-refractivity contribution in [3.8, 4) is 0 Å². The Labute approximate surface area is 125 Å². The van der Waals surface area contributed by atoms with Crippen molar-refractivity contribution in [2.45, 2.75) is 24.7 Å². The summed E-state index contributed by atoms with van der Waals surface area (Å²) >= 11 is 0. The van der Waals surface area contributed by atoms with Crippen LogP contribution in [0.5, 0.6) is 0 Å². The van der Waals surface area contributed by atoms with Crippen molar-refractivity contribution in [2.24, 2.45) is 0 Å². The quantitative estimate of drug-likeness (QED) is 0.784. The van der Waals surface area contributed by atoms with Crippen LogP contribution in [-0.2, 0) is 14.9 Å². The average Bonchev–Trinajstić information content (AvgIpc) is 2.52. The molecule has 5 heteroatoms. The first-order valence-electron chi connectivity index (χ1n) is 7.46. The molecule has 0 bridgehead atoms. The maximum absolute atomic E-state index is 13.1. The minimum Gasteiger partial charge on any atom is -0.381 e. The van der Waals surface area contributed by atoms with Crippen LogP contribution in [0.4, 0.5) is 4.39 Å². The maximum atomic E-state index is 13.1. The third kappa shape index (κ3) is 3.80. The van der Waals surface area contributed by atoms with Gasteiger partial charge in [-0.1, -0.05) is 12.1 Å². The zero-order valence-electron chi connectivity index (χ0n) is 12.5. The molecule has 0 atom stereocenters. The van der Waals surface area contributed by atoms with E-state index in [0.29, 0.717) is 32.6 Å². The van der Waals surface area contributed by atoms with E-state index >= 15 is 0 Å². The summed E-state index contributed by atoms with van der Waals surface area (Å²) in [6.45, 7) is 2.62. The molecular weight excluding hydrogens is 271 g/mol. The summed E-state index contributed by atoms with van der Waals surface area (Å²) in [5, 5.41) is 6.07. The van der Waals surface area contributed by atoms with E-state index in [4.69, 9.17) is 4.74 Å². The SMILES string of the molecule is CNCCCNC(=O)C1(c2ccc(F)cc2)CCOCC1. The number of nitrogens with one attached hydrogen (secondary N) is 2. The normalized spacial score (nSPS) is 17.4. The second-order valence-corrected chi connectivity index (χ2v) is 5.41. The molecule has 0 saturated carbocycles. The van der Waals surface area contributed by atoms with Gasteiger partial charge in [0.15, 0.2) is 0 Å². The largest absolute Gasteiger partial charge is 0.381 e. The zero-order valence-corrected chi connectivity index (χ0v) is 12.5. The number of halogens is 1. The summed E-state index contributed by atoms with van der Waals surface area (Å²) < 4.78 is 18.5. The summed E-state index contributed by atoms with van der Waals surface area (Å²) in [6.07, 6.45) is 2.16. The van der Waals surface area contributed by atoms with Gasteiger partial charge in [0.25, 0.3) is 0 Å². The summed E-state index contributed by atoms with van der Waals surface area (Å²) in [5.41, 5.74) is 0.282. The van der Waals surface area contributed by atoms with Crippen LogP contribution < -0.4 is 10.6 Å². The van der Waals surface area contributed by atoms with Gasteiger partial charge in [-0.05, 0) is 50.6 Å². The molecule has 2 N–H and O–H groups in total. The molecule has 1 saturated heterocycles. The van der Waals surface area contributed by atoms with Crippen LogP contribution in [0, 0.1) is 5.82 Å². The van der Waals surface area contributed by atoms with Crippen LogP contribution in [0.1, 0.15) is 24.8 Å². The lowest BCUT2D eigenvalue weighted by Gasteiger charge is -2.36. The predicted molar refractivity (Wildman–Crippen MR) is 79.7 cm³/mol. The Morgan fingerprint density at radius 1 is 1.24 bits per heavy atom. The van der Waals surface area contributed by atoms with Crippen LogP contribution in [0.3, 0.4) is 0 Å². The second kappa shape index (κ2) is 7.52. The first-order chi connectivity index (χ1) is 10.2. The van der Waals surface area contributed by atoms with E-state index in [0.717, 1.165) is 18.5 Å². The molecule has 4 nitrogen and oxygen atoms in total. The molecule has 0 radical (unpaired) electrons. The number of hydrogen-bond donors (Lipinski definition) is 2. The van der Waals surface area contributed by atoms with E-state index in [1.807, 2.05) is 7.05 Å². The first kappa shape index (κ1) is 15.9. The van der Waals surface area contributed by atoms with Crippen molar-refractivity contribution in [1.82, 2.24) is 10.6 Å². The maximum Gasteiger partial charge on any atom is 0.230 e. The van der Waals surface area contributed by atoms with Gasteiger partial charge in [0.1, 0.15) is 5.82 Å². The number of ether oxygens (including phenoxy) is 1. The number of rotatable bonds is 6. The minimum absolute atomic E-state index is 0.0218. The highest BCUT2D eigenvalue weighted by Crippen LogP contribution is 2.35. The van der Waals surface area contributed by atoms with Gasteiger partial charge in [0, 0.05) is 19.8 Å². The Bertz CT molecular complexity index is 456. The van der Waals surface area contributed by atoms with Gasteiger partial charge in [-0.25, -0.2) is 4.39 Å². The fourth-order valence-electron chi connectivity index (χ4n) is 2.77. The molecule has 1 aliphatic heterocycles. The Morgan fingerprint density at radius 2 is 1.90 bits per heavy atom. The van der Waals surface area contributed by atoms with Crippen LogP contribution >= 0.6 is 0 Å². The summed E-state index contributed by atoms with van der Waals surface area (Å²) in [4.78, 5) is 12.7. The van der Waals surface area contributed by atoms with Crippen molar-refractivity contribution in [3.05, 3.63) is 35.6 Å². The molecule has 1 aliphatic rings. The van der Waals surface area contributed by atoms with E-state index in [1.54, 1.807) is 12.1 Å². The Balaban J connectivity index is 2.12. The smallest absolute Gasteiger partial charge is 0.230 e. The molecule has 1 aromatic rings. The van der Waals surface area contributed by atoms with Crippen molar-refractivity contribution < 1.29 is 13.9 Å². The molecule has 1 heterocycles. The van der Waals surface area contributed by atoms with Gasteiger partial charge >= 0.3 is 0 Å². The molecule has 1 fully saturated rings. The molecule has 0 unspecified atom stereocenters. The number of hydrogen-bond acceptors (Lipinski definition) is 3. The van der Waals surface area contributed by atoms with E-state index in [9.17, 15) is 9.18 Å². The highest BCUT2D eigenvalue weighted by atomic mass is 19.1. The van der Waals surface area contributed by atoms with Crippen molar-refractivity contribution in [3.63, 3.8) is 0 Å². The molecule has 0 aromatic heterocycles. The highest BCUT2D eigenvalue weighted by Gasteiger charge is 2.41. The van der Waals surface area contributed by atoms with Gasteiger partial charge < -0.3 is 15.4 Å². The van der Waals surface area contributed by atoms with Gasteiger partial charge in [-0.15, -0.1) is 0 Å². The number of benzene rings is 1. The van der Waals surface area contributed by atoms with Gasteiger partial charge in [0.05, 0.1) is 5.41 Å². The Morgan fingerprint density at radius 3 is 2.52 bits per heavy atom. The van der Waals surface area contributed by atoms with Crippen molar-refractivity contribution in [1.29, 1.82) is 0 Å². The third-order valence-electron chi connectivity index (χ3n) is 4.07. The lowest BCUT2D eigenvalue weighted by molar-refractivity contribution is -0.130. The molecule has 1 aromatic carbocycles. The van der Waals surface area contributed by atoms with Crippen LogP contribution in [0.15, 0.2) is 24.3 Å². The van der Waals surface area contributed by atoms with E-state index < -0.39 is 5.41 Å². The zero-order chi connectivity index (χ0) is 15.1. The highest BCUT2D eigenvalue weighted by molar-refractivity contribution is 5.88. The average molecular weight is 294 g/mol. The molecule has 0 aliphatic carbocycles. The second-order valence-electron chi connectivity index (χ2n) is 5.41. The topological polar surface area (TPSA) is 50.4 Å². The van der Waals surface area contributed by atoms with Crippen LogP contribution in [-0.4, -0.2) is 39.3 Å². The van der Waals surface area contributed by atoms with E-state index in [-0.39, 0.29) is 11.7 Å². The summed E-state index contributed by atoms with van der Waals surface area (Å²) in [7, 11) is 1.89. The standard InChI is InChI=1S/C16H23FN2O2/c1-18-9-2-10-19-15(20)16(7-11-21-12-8-16)13-3-5-14(17)6-4-13/h3-6,18H,2,7-12H2,1H3,(H,19,20). The van der Waals surface area contributed by atoms with E-state index in [1.165, 1.54) is 12.1 Å². The van der Waals surface area contributed by atoms with Crippen molar-refractivity contribution in [2.75, 3.05) is 33.4 Å². The molecule has 1 amide bonds. The number of carbonyl (C=O) groups excluding carboxylic acids is 1. The third-order valence-corrected chi connectivity index (χ3v) is 4.07. The van der Waals surface area contributed by atoms with E-state index in [2.05, 4.69) is 10.6 Å². The Kier molecular flexibility index (Phi) is 5.70. The van der Waals surface area contributed by atoms with Crippen molar-refractivity contribution >= 4 is 5.91 Å². The van der Waals surface area contributed by atoms with Crippen LogP contribution in [0.25, 0.3) is 0 Å². The molecule has 21 heavy (non-hydrogen) atoms. The summed E-state index contributed by atoms with van der Waals surface area (Å²) in [5.74, 6) is -0.260. The molecular formula is C16H23FN2O2. The fraction of sp³-hybridized carbons (Fsp3) is 0.562. The minimum atomic E-state index is -0.592. The van der Waals surface area contributed by atoms with Crippen LogP contribution in [0.2, 0.25) is 0 Å². The predicted octanol–water partition coefficient (Wildman–Crippen LogP) is 1.60. The summed E-state index contributed by atoms with van der Waals surface area (Å²) in [6, 6.07) is 6.27. The molecule has 116 valence electrons. The first-order valence-corrected chi connectivity index (χ1v) is 7.46. The monoisotopic (exact) mass is 294 g/mol. The molecule has 2 rings (SSSR count). The Hall–Kier alpha value is -1.46. The lowest BCUT2D eigenvalue weighted by Crippen LogP contribution is -2.48. The fourth-order valence-corrected chi connectivity index (χ4v) is 2.77. The number of carbonyl (C=O) groups is 1. The lowest BCUT2D eigenvalue weighted by atomic mass is 9.73.